The molecule has 2 N–H and O–H groups in total. The van der Waals surface area contributed by atoms with E-state index in [1.807, 2.05) is 18.2 Å². The van der Waals surface area contributed by atoms with Crippen LogP contribution >= 0.6 is 0 Å². The predicted octanol–water partition coefficient (Wildman–Crippen LogP) is 1.95. The SMILES string of the molecule is C=CCOCCOCCOCCOCCOCCOCCOCCOc1ccccc1N. The van der Waals surface area contributed by atoms with Crippen LogP contribution in [0.2, 0.25) is 0 Å². The van der Waals surface area contributed by atoms with Crippen LogP contribution in [0.5, 0.6) is 5.75 Å². The molecule has 9 nitrogen and oxygen atoms in total. The van der Waals surface area contributed by atoms with Gasteiger partial charge in [0.15, 0.2) is 0 Å². The zero-order valence-corrected chi connectivity index (χ0v) is 19.0. The van der Waals surface area contributed by atoms with Gasteiger partial charge in [0.1, 0.15) is 12.4 Å². The molecule has 1 aromatic rings. The molecule has 0 aliphatic carbocycles. The molecule has 0 spiro atoms. The molecular formula is C23H39NO8. The van der Waals surface area contributed by atoms with Crippen molar-refractivity contribution in [3.8, 4) is 5.75 Å². The van der Waals surface area contributed by atoms with Gasteiger partial charge in [-0.15, -0.1) is 6.58 Å². The molecule has 0 aliphatic rings. The number of ether oxygens (including phenoxy) is 8. The molecule has 32 heavy (non-hydrogen) atoms. The van der Waals surface area contributed by atoms with Crippen LogP contribution in [0.3, 0.4) is 0 Å². The Balaban J connectivity index is 1.68. The number of para-hydroxylation sites is 2. The highest BCUT2D eigenvalue weighted by molar-refractivity contribution is 5.51. The first-order valence-corrected chi connectivity index (χ1v) is 11.0. The normalized spacial score (nSPS) is 11.0. The lowest BCUT2D eigenvalue weighted by Gasteiger charge is -2.09. The molecule has 0 unspecified atom stereocenters. The largest absolute Gasteiger partial charge is 0.489 e. The maximum absolute atomic E-state index is 5.80. The van der Waals surface area contributed by atoms with Crippen LogP contribution in [0, 0.1) is 0 Å². The van der Waals surface area contributed by atoms with Crippen LogP contribution in [0.25, 0.3) is 0 Å². The lowest BCUT2D eigenvalue weighted by molar-refractivity contribution is -0.0205. The monoisotopic (exact) mass is 457 g/mol. The summed E-state index contributed by atoms with van der Waals surface area (Å²) in [4.78, 5) is 0. The molecule has 184 valence electrons. The van der Waals surface area contributed by atoms with Gasteiger partial charge in [0.2, 0.25) is 0 Å². The Labute approximate surface area is 191 Å². The Kier molecular flexibility index (Phi) is 19.9. The number of hydrogen-bond donors (Lipinski definition) is 1. The Bertz CT molecular complexity index is 546. The molecule has 0 saturated heterocycles. The highest BCUT2D eigenvalue weighted by Crippen LogP contribution is 2.19. The minimum absolute atomic E-state index is 0.446. The van der Waals surface area contributed by atoms with Crippen molar-refractivity contribution in [2.24, 2.45) is 0 Å². The topological polar surface area (TPSA) is 99.9 Å². The second-order valence-electron chi connectivity index (χ2n) is 6.42. The van der Waals surface area contributed by atoms with E-state index in [1.54, 1.807) is 12.1 Å². The Morgan fingerprint density at radius 2 is 0.938 bits per heavy atom. The Morgan fingerprint density at radius 1 is 0.562 bits per heavy atom. The van der Waals surface area contributed by atoms with E-state index < -0.39 is 0 Å². The summed E-state index contributed by atoms with van der Waals surface area (Å²) in [6, 6.07) is 7.38. The Morgan fingerprint density at radius 3 is 1.34 bits per heavy atom. The first-order valence-electron chi connectivity index (χ1n) is 11.0. The van der Waals surface area contributed by atoms with E-state index in [0.717, 1.165) is 0 Å². The fraction of sp³-hybridized carbons (Fsp3) is 0.652. The number of hydrogen-bond acceptors (Lipinski definition) is 9. The number of anilines is 1. The maximum atomic E-state index is 5.80. The molecule has 0 aliphatic heterocycles. The van der Waals surface area contributed by atoms with Gasteiger partial charge in [-0.25, -0.2) is 0 Å². The number of rotatable bonds is 24. The second-order valence-corrected chi connectivity index (χ2v) is 6.42. The molecule has 0 saturated carbocycles. The average Bonchev–Trinajstić information content (AvgIpc) is 2.80. The molecule has 0 bridgehead atoms. The van der Waals surface area contributed by atoms with E-state index in [4.69, 9.17) is 43.6 Å². The van der Waals surface area contributed by atoms with Gasteiger partial charge < -0.3 is 43.6 Å². The van der Waals surface area contributed by atoms with Crippen molar-refractivity contribution in [3.05, 3.63) is 36.9 Å². The maximum Gasteiger partial charge on any atom is 0.142 e. The molecule has 1 aromatic carbocycles. The average molecular weight is 458 g/mol. The summed E-state index contributed by atoms with van der Waals surface area (Å²) in [7, 11) is 0. The van der Waals surface area contributed by atoms with Gasteiger partial charge in [0, 0.05) is 0 Å². The minimum Gasteiger partial charge on any atom is -0.489 e. The van der Waals surface area contributed by atoms with Crippen LogP contribution in [0.4, 0.5) is 5.69 Å². The molecule has 0 heterocycles. The van der Waals surface area contributed by atoms with E-state index in [1.165, 1.54) is 0 Å². The van der Waals surface area contributed by atoms with Crippen LogP contribution < -0.4 is 10.5 Å². The lowest BCUT2D eigenvalue weighted by atomic mass is 10.3. The number of nitrogens with two attached hydrogens (primary N) is 1. The first-order chi connectivity index (χ1) is 15.8. The molecule has 0 amide bonds. The second kappa shape index (κ2) is 22.5. The Hall–Kier alpha value is -1.72. The summed E-state index contributed by atoms with van der Waals surface area (Å²) in [5.74, 6) is 0.674. The van der Waals surface area contributed by atoms with E-state index in [-0.39, 0.29) is 0 Å². The molecule has 0 fully saturated rings. The van der Waals surface area contributed by atoms with Crippen molar-refractivity contribution < 1.29 is 37.9 Å². The molecule has 0 atom stereocenters. The van der Waals surface area contributed by atoms with E-state index in [9.17, 15) is 0 Å². The molecule has 1 rings (SSSR count). The van der Waals surface area contributed by atoms with Crippen molar-refractivity contribution in [2.75, 3.05) is 105 Å². The molecule has 9 heteroatoms. The summed E-state index contributed by atoms with van der Waals surface area (Å²) in [5, 5.41) is 0. The first kappa shape index (κ1) is 28.3. The van der Waals surface area contributed by atoms with Gasteiger partial charge in [0.05, 0.1) is 98.2 Å². The van der Waals surface area contributed by atoms with Crippen molar-refractivity contribution in [2.45, 2.75) is 0 Å². The zero-order chi connectivity index (χ0) is 23.0. The standard InChI is InChI=1S/C23H39NO8/c1-2-7-25-8-9-26-10-11-27-12-13-28-14-15-29-16-17-30-18-19-31-20-21-32-23-6-4-3-5-22(23)24/h2-6H,1,7-21,24H2. The smallest absolute Gasteiger partial charge is 0.142 e. The van der Waals surface area contributed by atoms with Crippen molar-refractivity contribution in [3.63, 3.8) is 0 Å². The van der Waals surface area contributed by atoms with E-state index >= 15 is 0 Å². The summed E-state index contributed by atoms with van der Waals surface area (Å²) in [6.07, 6.45) is 1.71. The van der Waals surface area contributed by atoms with E-state index in [0.29, 0.717) is 111 Å². The van der Waals surface area contributed by atoms with Gasteiger partial charge in [0.25, 0.3) is 0 Å². The molecule has 0 aromatic heterocycles. The quantitative estimate of drug-likeness (QED) is 0.142. The van der Waals surface area contributed by atoms with Crippen molar-refractivity contribution in [1.29, 1.82) is 0 Å². The lowest BCUT2D eigenvalue weighted by Crippen LogP contribution is -2.15. The zero-order valence-electron chi connectivity index (χ0n) is 19.0. The fourth-order valence-electron chi connectivity index (χ4n) is 2.31. The van der Waals surface area contributed by atoms with Gasteiger partial charge >= 0.3 is 0 Å². The third-order valence-electron chi connectivity index (χ3n) is 3.87. The van der Waals surface area contributed by atoms with Crippen LogP contribution in [0.1, 0.15) is 0 Å². The summed E-state index contributed by atoms with van der Waals surface area (Å²) in [6.45, 7) is 11.4. The summed E-state index contributed by atoms with van der Waals surface area (Å²) < 4.78 is 43.2. The predicted molar refractivity (Wildman–Crippen MR) is 122 cm³/mol. The fourth-order valence-corrected chi connectivity index (χ4v) is 2.31. The van der Waals surface area contributed by atoms with Gasteiger partial charge in [-0.2, -0.15) is 0 Å². The number of benzene rings is 1. The summed E-state index contributed by atoms with van der Waals surface area (Å²) >= 11 is 0. The van der Waals surface area contributed by atoms with Gasteiger partial charge in [-0.3, -0.25) is 0 Å². The van der Waals surface area contributed by atoms with Crippen molar-refractivity contribution >= 4 is 5.69 Å². The third kappa shape index (κ3) is 17.9. The molecule has 0 radical (unpaired) electrons. The minimum atomic E-state index is 0.446. The van der Waals surface area contributed by atoms with Crippen LogP contribution in [-0.4, -0.2) is 99.1 Å². The number of nitrogen functional groups attached to an aromatic ring is 1. The van der Waals surface area contributed by atoms with Gasteiger partial charge in [-0.1, -0.05) is 18.2 Å². The van der Waals surface area contributed by atoms with Crippen LogP contribution in [-0.2, 0) is 33.2 Å². The highest BCUT2D eigenvalue weighted by atomic mass is 16.6. The third-order valence-corrected chi connectivity index (χ3v) is 3.87. The molecular weight excluding hydrogens is 418 g/mol. The van der Waals surface area contributed by atoms with E-state index in [2.05, 4.69) is 6.58 Å². The van der Waals surface area contributed by atoms with Crippen molar-refractivity contribution in [1.82, 2.24) is 0 Å². The van der Waals surface area contributed by atoms with Crippen LogP contribution in [0.15, 0.2) is 36.9 Å². The summed E-state index contributed by atoms with van der Waals surface area (Å²) in [5.41, 5.74) is 6.42. The highest BCUT2D eigenvalue weighted by Gasteiger charge is 1.98. The van der Waals surface area contributed by atoms with Gasteiger partial charge in [-0.05, 0) is 12.1 Å².